The molecule has 1 aliphatic rings. The highest BCUT2D eigenvalue weighted by atomic mass is 16.3. The number of rotatable bonds is 3. The lowest BCUT2D eigenvalue weighted by atomic mass is 10.1. The number of likely N-dealkylation sites (N-methyl/N-ethyl adjacent to an activating group) is 1. The Kier molecular flexibility index (Phi) is 4.11. The van der Waals surface area contributed by atoms with Gasteiger partial charge in [0.1, 0.15) is 0 Å². The van der Waals surface area contributed by atoms with E-state index in [2.05, 4.69) is 15.5 Å². The molecule has 1 aliphatic heterocycles. The van der Waals surface area contributed by atoms with Crippen LogP contribution in [0.15, 0.2) is 6.07 Å². The number of nitrogens with one attached hydrogen (secondary N) is 1. The number of carbonyl (C=O) groups excluding carboxylic acids is 1. The molecule has 6 nitrogen and oxygen atoms in total. The van der Waals surface area contributed by atoms with Crippen molar-refractivity contribution in [3.8, 4) is 0 Å². The number of carbonyl (C=O) groups is 1. The van der Waals surface area contributed by atoms with E-state index in [-0.39, 0.29) is 11.9 Å². The second-order valence-electron chi connectivity index (χ2n) is 4.91. The van der Waals surface area contributed by atoms with Gasteiger partial charge in [0, 0.05) is 20.1 Å². The molecule has 0 radical (unpaired) electrons. The molecule has 2 atom stereocenters. The smallest absolute Gasteiger partial charge is 0.255 e. The fourth-order valence-corrected chi connectivity index (χ4v) is 2.35. The lowest BCUT2D eigenvalue weighted by Crippen LogP contribution is -2.44. The maximum atomic E-state index is 12.5. The summed E-state index contributed by atoms with van der Waals surface area (Å²) < 4.78 is 0. The number of amides is 1. The van der Waals surface area contributed by atoms with Crippen LogP contribution in [0, 0.1) is 6.92 Å². The molecule has 104 valence electrons. The van der Waals surface area contributed by atoms with Crippen LogP contribution >= 0.6 is 0 Å². The summed E-state index contributed by atoms with van der Waals surface area (Å²) in [6.45, 7) is 4.90. The van der Waals surface area contributed by atoms with Crippen molar-refractivity contribution < 1.29 is 9.90 Å². The predicted octanol–water partition coefficient (Wildman–Crippen LogP) is -0.248. The third-order valence-electron chi connectivity index (χ3n) is 3.53. The van der Waals surface area contributed by atoms with E-state index in [0.29, 0.717) is 30.8 Å². The Bertz CT molecular complexity index is 478. The molecule has 1 saturated heterocycles. The van der Waals surface area contributed by atoms with Gasteiger partial charge in [-0.2, -0.15) is 10.2 Å². The molecule has 2 heterocycles. The first-order chi connectivity index (χ1) is 9.04. The van der Waals surface area contributed by atoms with Gasteiger partial charge in [0.05, 0.1) is 29.1 Å². The third-order valence-corrected chi connectivity index (χ3v) is 3.53. The number of aryl methyl sites for hydroxylation is 2. The van der Waals surface area contributed by atoms with Gasteiger partial charge in [-0.05, 0) is 19.4 Å². The zero-order valence-electron chi connectivity index (χ0n) is 11.6. The van der Waals surface area contributed by atoms with Crippen molar-refractivity contribution in [2.24, 2.45) is 0 Å². The van der Waals surface area contributed by atoms with Crippen molar-refractivity contribution in [2.75, 3.05) is 20.1 Å². The first-order valence-corrected chi connectivity index (χ1v) is 6.53. The van der Waals surface area contributed by atoms with Gasteiger partial charge in [-0.1, -0.05) is 6.92 Å². The lowest BCUT2D eigenvalue weighted by Gasteiger charge is -2.27. The third kappa shape index (κ3) is 2.74. The monoisotopic (exact) mass is 264 g/mol. The van der Waals surface area contributed by atoms with E-state index >= 15 is 0 Å². The Morgan fingerprint density at radius 2 is 2.26 bits per heavy atom. The molecule has 0 saturated carbocycles. The van der Waals surface area contributed by atoms with Gasteiger partial charge in [0.2, 0.25) is 0 Å². The highest BCUT2D eigenvalue weighted by Crippen LogP contribution is 2.15. The zero-order valence-corrected chi connectivity index (χ0v) is 11.6. The molecule has 1 aromatic rings. The number of aromatic nitrogens is 2. The molecule has 2 N–H and O–H groups in total. The highest BCUT2D eigenvalue weighted by Gasteiger charge is 2.32. The highest BCUT2D eigenvalue weighted by molar-refractivity contribution is 5.95. The number of aliphatic hydroxyl groups excluding tert-OH is 1. The van der Waals surface area contributed by atoms with Crippen LogP contribution in [0.3, 0.4) is 0 Å². The van der Waals surface area contributed by atoms with Gasteiger partial charge in [0.15, 0.2) is 0 Å². The van der Waals surface area contributed by atoms with Crippen LogP contribution in [0.2, 0.25) is 0 Å². The van der Waals surface area contributed by atoms with Gasteiger partial charge >= 0.3 is 0 Å². The summed E-state index contributed by atoms with van der Waals surface area (Å²) in [7, 11) is 1.72. The van der Waals surface area contributed by atoms with E-state index < -0.39 is 6.10 Å². The minimum absolute atomic E-state index is 0.109. The van der Waals surface area contributed by atoms with Gasteiger partial charge in [-0.15, -0.1) is 0 Å². The number of β-amino-alcohol motifs (C(OH)–C–C–N with tert-alkyl or cyclic N) is 1. The Morgan fingerprint density at radius 1 is 1.53 bits per heavy atom. The van der Waals surface area contributed by atoms with Gasteiger partial charge in [-0.25, -0.2) is 0 Å². The normalized spacial score (nSPS) is 22.5. The molecular formula is C13H20N4O2. The largest absolute Gasteiger partial charge is 0.390 e. The Balaban J connectivity index is 2.25. The van der Waals surface area contributed by atoms with Crippen LogP contribution in [0.25, 0.3) is 0 Å². The van der Waals surface area contributed by atoms with Gasteiger partial charge < -0.3 is 15.3 Å². The summed E-state index contributed by atoms with van der Waals surface area (Å²) in [4.78, 5) is 14.1. The minimum atomic E-state index is -0.519. The average molecular weight is 264 g/mol. The van der Waals surface area contributed by atoms with Crippen molar-refractivity contribution in [2.45, 2.75) is 32.4 Å². The fraction of sp³-hybridized carbons (Fsp3) is 0.615. The summed E-state index contributed by atoms with van der Waals surface area (Å²) in [6, 6.07) is 1.57. The molecule has 6 heteroatoms. The number of nitrogens with zero attached hydrogens (tertiary/aromatic N) is 3. The standard InChI is InChI=1S/C13H20N4O2/c1-4-10-9(5-8(2)15-16-10)13(19)17(3)11-6-14-7-12(11)18/h5,11-12,14,18H,4,6-7H2,1-3H3/t11-,12-/m1/s1. The Morgan fingerprint density at radius 3 is 2.84 bits per heavy atom. The van der Waals surface area contributed by atoms with E-state index in [9.17, 15) is 9.90 Å². The lowest BCUT2D eigenvalue weighted by molar-refractivity contribution is 0.0579. The van der Waals surface area contributed by atoms with E-state index in [1.54, 1.807) is 18.0 Å². The SMILES string of the molecule is CCc1nnc(C)cc1C(=O)N(C)[C@@H]1CNC[C@H]1O. The molecular weight excluding hydrogens is 244 g/mol. The average Bonchev–Trinajstić information content (AvgIpc) is 2.83. The van der Waals surface area contributed by atoms with Crippen LogP contribution in [-0.4, -0.2) is 58.4 Å². The number of hydrogen-bond acceptors (Lipinski definition) is 5. The summed E-state index contributed by atoms with van der Waals surface area (Å²) in [5.74, 6) is -0.109. The van der Waals surface area contributed by atoms with Gasteiger partial charge in [-0.3, -0.25) is 4.79 Å². The van der Waals surface area contributed by atoms with Crippen molar-refractivity contribution in [1.82, 2.24) is 20.4 Å². The summed E-state index contributed by atoms with van der Waals surface area (Å²) in [6.07, 6.45) is 0.142. The molecule has 0 aliphatic carbocycles. The Labute approximate surface area is 112 Å². The molecule has 1 fully saturated rings. The van der Waals surface area contributed by atoms with E-state index in [0.717, 1.165) is 5.69 Å². The molecule has 0 aromatic carbocycles. The summed E-state index contributed by atoms with van der Waals surface area (Å²) in [5.41, 5.74) is 2.00. The van der Waals surface area contributed by atoms with E-state index in [1.807, 2.05) is 13.8 Å². The molecule has 19 heavy (non-hydrogen) atoms. The molecule has 1 aromatic heterocycles. The van der Waals surface area contributed by atoms with Crippen molar-refractivity contribution >= 4 is 5.91 Å². The number of hydrogen-bond donors (Lipinski definition) is 2. The summed E-state index contributed by atoms with van der Waals surface area (Å²) in [5, 5.41) is 21.0. The maximum Gasteiger partial charge on any atom is 0.255 e. The molecule has 0 spiro atoms. The van der Waals surface area contributed by atoms with E-state index in [1.165, 1.54) is 0 Å². The summed E-state index contributed by atoms with van der Waals surface area (Å²) >= 11 is 0. The van der Waals surface area contributed by atoms with Crippen molar-refractivity contribution in [3.63, 3.8) is 0 Å². The molecule has 2 rings (SSSR count). The first kappa shape index (κ1) is 13.9. The second kappa shape index (κ2) is 5.63. The van der Waals surface area contributed by atoms with Crippen LogP contribution in [-0.2, 0) is 6.42 Å². The fourth-order valence-electron chi connectivity index (χ4n) is 2.35. The van der Waals surface area contributed by atoms with E-state index in [4.69, 9.17) is 0 Å². The topological polar surface area (TPSA) is 78.4 Å². The first-order valence-electron chi connectivity index (χ1n) is 6.53. The molecule has 0 bridgehead atoms. The minimum Gasteiger partial charge on any atom is -0.390 e. The van der Waals surface area contributed by atoms with Crippen LogP contribution in [0.1, 0.15) is 28.7 Å². The predicted molar refractivity (Wildman–Crippen MR) is 70.9 cm³/mol. The van der Waals surface area contributed by atoms with Crippen LogP contribution < -0.4 is 5.32 Å². The molecule has 0 unspecified atom stereocenters. The van der Waals surface area contributed by atoms with Crippen molar-refractivity contribution in [1.29, 1.82) is 0 Å². The quantitative estimate of drug-likeness (QED) is 0.787. The zero-order chi connectivity index (χ0) is 14.0. The maximum absolute atomic E-state index is 12.5. The van der Waals surface area contributed by atoms with Crippen LogP contribution in [0.4, 0.5) is 0 Å². The number of aliphatic hydroxyl groups is 1. The molecule has 1 amide bonds. The second-order valence-corrected chi connectivity index (χ2v) is 4.91. The van der Waals surface area contributed by atoms with Crippen LogP contribution in [0.5, 0.6) is 0 Å². The Hall–Kier alpha value is -1.53. The van der Waals surface area contributed by atoms with Crippen molar-refractivity contribution in [3.05, 3.63) is 23.0 Å². The van der Waals surface area contributed by atoms with Gasteiger partial charge in [0.25, 0.3) is 5.91 Å².